The van der Waals surface area contributed by atoms with Crippen molar-refractivity contribution in [3.05, 3.63) is 30.2 Å². The topological polar surface area (TPSA) is 93.9 Å². The van der Waals surface area contributed by atoms with Gasteiger partial charge in [0.1, 0.15) is 12.0 Å². The Balaban J connectivity index is 1.77. The van der Waals surface area contributed by atoms with E-state index in [0.717, 1.165) is 11.0 Å². The largest absolute Gasteiger partial charge is 0.460 e. The molecule has 22 heavy (non-hydrogen) atoms. The van der Waals surface area contributed by atoms with E-state index in [2.05, 4.69) is 20.2 Å². The molecular formula is C15H16N4O3. The first-order valence-electron chi connectivity index (χ1n) is 6.90. The highest BCUT2D eigenvalue weighted by Crippen LogP contribution is 2.19. The second-order valence-electron chi connectivity index (χ2n) is 5.87. The van der Waals surface area contributed by atoms with E-state index in [0.29, 0.717) is 5.82 Å². The monoisotopic (exact) mass is 300 g/mol. The van der Waals surface area contributed by atoms with Gasteiger partial charge in [-0.25, -0.2) is 4.98 Å². The number of ether oxygens (including phenoxy) is 1. The first-order chi connectivity index (χ1) is 10.4. The van der Waals surface area contributed by atoms with Crippen molar-refractivity contribution in [1.29, 1.82) is 0 Å². The summed E-state index contributed by atoms with van der Waals surface area (Å²) in [6.45, 7) is 5.41. The van der Waals surface area contributed by atoms with Gasteiger partial charge < -0.3 is 14.1 Å². The molecule has 0 amide bonds. The smallest absolute Gasteiger partial charge is 0.315 e. The van der Waals surface area contributed by atoms with Crippen LogP contribution in [0.4, 0.5) is 0 Å². The van der Waals surface area contributed by atoms with Crippen LogP contribution in [-0.2, 0) is 16.0 Å². The van der Waals surface area contributed by atoms with Gasteiger partial charge in [0.25, 0.3) is 5.89 Å². The molecule has 1 N–H and O–H groups in total. The average molecular weight is 300 g/mol. The number of H-pyrrole nitrogens is 1. The van der Waals surface area contributed by atoms with E-state index in [9.17, 15) is 4.79 Å². The van der Waals surface area contributed by atoms with Crippen LogP contribution in [0.1, 0.15) is 26.7 Å². The highest BCUT2D eigenvalue weighted by atomic mass is 16.6. The summed E-state index contributed by atoms with van der Waals surface area (Å²) in [6.07, 6.45) is -0.0650. The zero-order valence-electron chi connectivity index (χ0n) is 12.6. The fraction of sp³-hybridized carbons (Fsp3) is 0.333. The van der Waals surface area contributed by atoms with Crippen LogP contribution in [0, 0.1) is 0 Å². The SMILES string of the molecule is CC(C)(C)OC(=O)Cc1nnc(-c2nc3ccccc3[nH]2)o1. The molecule has 2 aromatic heterocycles. The van der Waals surface area contributed by atoms with Crippen molar-refractivity contribution in [2.45, 2.75) is 32.8 Å². The Hall–Kier alpha value is -2.70. The predicted octanol–water partition coefficient (Wildman–Crippen LogP) is 2.50. The molecule has 0 aliphatic carbocycles. The minimum Gasteiger partial charge on any atom is -0.460 e. The third-order valence-electron chi connectivity index (χ3n) is 2.77. The average Bonchev–Trinajstić information content (AvgIpc) is 3.01. The minimum absolute atomic E-state index is 0.0650. The summed E-state index contributed by atoms with van der Waals surface area (Å²) in [7, 11) is 0. The van der Waals surface area contributed by atoms with Gasteiger partial charge in [-0.3, -0.25) is 4.79 Å². The van der Waals surface area contributed by atoms with Crippen molar-refractivity contribution < 1.29 is 13.9 Å². The second-order valence-corrected chi connectivity index (χ2v) is 5.87. The Morgan fingerprint density at radius 1 is 1.27 bits per heavy atom. The molecule has 0 saturated heterocycles. The number of aromatic amines is 1. The standard InChI is InChI=1S/C15H16N4O3/c1-15(2,3)22-12(20)8-11-18-19-14(21-11)13-16-9-6-4-5-7-10(9)17-13/h4-7H,8H2,1-3H3,(H,16,17). The number of benzene rings is 1. The van der Waals surface area contributed by atoms with Crippen LogP contribution in [0.5, 0.6) is 0 Å². The number of para-hydroxylation sites is 2. The molecule has 1 aromatic carbocycles. The molecule has 3 aromatic rings. The predicted molar refractivity (Wildman–Crippen MR) is 78.9 cm³/mol. The van der Waals surface area contributed by atoms with Gasteiger partial charge >= 0.3 is 5.97 Å². The maximum Gasteiger partial charge on any atom is 0.315 e. The summed E-state index contributed by atoms with van der Waals surface area (Å²) in [4.78, 5) is 19.2. The molecule has 0 aliphatic heterocycles. The number of nitrogens with one attached hydrogen (secondary N) is 1. The van der Waals surface area contributed by atoms with E-state index in [1.165, 1.54) is 0 Å². The maximum atomic E-state index is 11.7. The molecule has 0 unspecified atom stereocenters. The van der Waals surface area contributed by atoms with Crippen molar-refractivity contribution in [2.75, 3.05) is 0 Å². The number of hydrogen-bond acceptors (Lipinski definition) is 6. The summed E-state index contributed by atoms with van der Waals surface area (Å²) >= 11 is 0. The fourth-order valence-electron chi connectivity index (χ4n) is 1.98. The number of hydrogen-bond donors (Lipinski definition) is 1. The number of esters is 1. The molecular weight excluding hydrogens is 284 g/mol. The number of carbonyl (C=O) groups excluding carboxylic acids is 1. The molecule has 3 rings (SSSR count). The number of aromatic nitrogens is 4. The zero-order valence-corrected chi connectivity index (χ0v) is 12.6. The number of fused-ring (bicyclic) bond motifs is 1. The van der Waals surface area contributed by atoms with Crippen molar-refractivity contribution >= 4 is 17.0 Å². The van der Waals surface area contributed by atoms with Gasteiger partial charge in [0, 0.05) is 0 Å². The first kappa shape index (κ1) is 14.2. The summed E-state index contributed by atoms with van der Waals surface area (Å²) in [5.74, 6) is 0.510. The van der Waals surface area contributed by atoms with Crippen LogP contribution in [0.3, 0.4) is 0 Å². The maximum absolute atomic E-state index is 11.7. The van der Waals surface area contributed by atoms with Crippen molar-refractivity contribution in [3.63, 3.8) is 0 Å². The van der Waals surface area contributed by atoms with E-state index in [1.54, 1.807) is 20.8 Å². The van der Waals surface area contributed by atoms with E-state index >= 15 is 0 Å². The highest BCUT2D eigenvalue weighted by Gasteiger charge is 2.20. The van der Waals surface area contributed by atoms with E-state index in [-0.39, 0.29) is 18.2 Å². The molecule has 0 fully saturated rings. The van der Waals surface area contributed by atoms with Crippen molar-refractivity contribution in [3.8, 4) is 11.7 Å². The summed E-state index contributed by atoms with van der Waals surface area (Å²) in [5.41, 5.74) is 1.15. The lowest BCUT2D eigenvalue weighted by Gasteiger charge is -2.18. The van der Waals surface area contributed by atoms with E-state index in [4.69, 9.17) is 9.15 Å². The van der Waals surface area contributed by atoms with Gasteiger partial charge in [-0.15, -0.1) is 10.2 Å². The molecule has 0 radical (unpaired) electrons. The number of imidazole rings is 1. The Labute approximate surface area is 126 Å². The van der Waals surface area contributed by atoms with Gasteiger partial charge in [0.2, 0.25) is 5.89 Å². The zero-order chi connectivity index (χ0) is 15.7. The molecule has 114 valence electrons. The van der Waals surface area contributed by atoms with Gasteiger partial charge in [-0.1, -0.05) is 12.1 Å². The molecule has 0 spiro atoms. The highest BCUT2D eigenvalue weighted by molar-refractivity contribution is 5.77. The van der Waals surface area contributed by atoms with Crippen LogP contribution in [0.2, 0.25) is 0 Å². The number of carbonyl (C=O) groups is 1. The molecule has 0 aliphatic rings. The van der Waals surface area contributed by atoms with Gasteiger partial charge in [-0.05, 0) is 32.9 Å². The van der Waals surface area contributed by atoms with Crippen LogP contribution in [0.25, 0.3) is 22.7 Å². The second kappa shape index (κ2) is 5.25. The Morgan fingerprint density at radius 3 is 2.77 bits per heavy atom. The van der Waals surface area contributed by atoms with Crippen molar-refractivity contribution in [2.24, 2.45) is 0 Å². The normalized spacial score (nSPS) is 11.8. The van der Waals surface area contributed by atoms with Gasteiger partial charge in [0.15, 0.2) is 5.82 Å². The number of rotatable bonds is 3. The lowest BCUT2D eigenvalue weighted by atomic mass is 10.2. The van der Waals surface area contributed by atoms with E-state index < -0.39 is 11.6 Å². The van der Waals surface area contributed by atoms with Gasteiger partial charge in [0.05, 0.1) is 11.0 Å². The van der Waals surface area contributed by atoms with E-state index in [1.807, 2.05) is 24.3 Å². The third-order valence-corrected chi connectivity index (χ3v) is 2.77. The molecule has 0 saturated carbocycles. The molecule has 0 bridgehead atoms. The van der Waals surface area contributed by atoms with Crippen molar-refractivity contribution in [1.82, 2.24) is 20.2 Å². The molecule has 0 atom stereocenters. The van der Waals surface area contributed by atoms with Crippen LogP contribution in [0.15, 0.2) is 28.7 Å². The van der Waals surface area contributed by atoms with Crippen LogP contribution in [-0.4, -0.2) is 31.7 Å². The first-order valence-corrected chi connectivity index (χ1v) is 6.90. The molecule has 2 heterocycles. The lowest BCUT2D eigenvalue weighted by molar-refractivity contribution is -0.154. The lowest BCUT2D eigenvalue weighted by Crippen LogP contribution is -2.24. The fourth-order valence-corrected chi connectivity index (χ4v) is 1.98. The minimum atomic E-state index is -0.543. The summed E-state index contributed by atoms with van der Waals surface area (Å²) in [6, 6.07) is 7.60. The number of nitrogens with zero attached hydrogens (tertiary/aromatic N) is 3. The summed E-state index contributed by atoms with van der Waals surface area (Å²) in [5, 5.41) is 7.77. The van der Waals surface area contributed by atoms with Crippen LogP contribution < -0.4 is 0 Å². The molecule has 7 heteroatoms. The third kappa shape index (κ3) is 3.13. The Morgan fingerprint density at radius 2 is 2.05 bits per heavy atom. The van der Waals surface area contributed by atoms with Crippen LogP contribution >= 0.6 is 0 Å². The quantitative estimate of drug-likeness (QED) is 0.747. The Bertz CT molecular complexity index is 780. The van der Waals surface area contributed by atoms with Gasteiger partial charge in [-0.2, -0.15) is 0 Å². The Kier molecular flexibility index (Phi) is 3.40. The summed E-state index contributed by atoms with van der Waals surface area (Å²) < 4.78 is 10.7. The molecule has 7 nitrogen and oxygen atoms in total.